The number of carbonyl (C=O) groups excluding carboxylic acids is 1. The van der Waals surface area contributed by atoms with Gasteiger partial charge in [0.15, 0.2) is 0 Å². The third-order valence-electron chi connectivity index (χ3n) is 7.13. The largest absolute Gasteiger partial charge is 0.416 e. The molecule has 1 amide bonds. The smallest absolute Gasteiger partial charge is 0.373 e. The Balaban J connectivity index is 1.54. The van der Waals surface area contributed by atoms with Gasteiger partial charge in [0.1, 0.15) is 0 Å². The Bertz CT molecular complexity index is 1060. The summed E-state index contributed by atoms with van der Waals surface area (Å²) in [5, 5.41) is 0. The monoisotopic (exact) mass is 514 g/mol. The average molecular weight is 515 g/mol. The summed E-state index contributed by atoms with van der Waals surface area (Å²) in [6.07, 6.45) is -8.66. The van der Waals surface area contributed by atoms with Crippen LogP contribution in [0.1, 0.15) is 61.0 Å². The van der Waals surface area contributed by atoms with Gasteiger partial charge in [-0.3, -0.25) is 4.79 Å². The normalized spacial score (nSPS) is 25.7. The van der Waals surface area contributed by atoms with Crippen molar-refractivity contribution in [3.05, 3.63) is 70.8 Å². The van der Waals surface area contributed by atoms with E-state index in [0.29, 0.717) is 44.5 Å². The first kappa shape index (κ1) is 26.5. The molecule has 0 aromatic heterocycles. The highest BCUT2D eigenvalue weighted by Gasteiger charge is 2.54. The van der Waals surface area contributed by atoms with E-state index in [-0.39, 0.29) is 24.1 Å². The molecule has 1 atom stereocenters. The Labute approximate surface area is 205 Å². The van der Waals surface area contributed by atoms with Crippen molar-refractivity contribution in [3.8, 4) is 0 Å². The van der Waals surface area contributed by atoms with E-state index in [2.05, 4.69) is 0 Å². The van der Waals surface area contributed by atoms with Gasteiger partial charge in [-0.05, 0) is 55.5 Å². The molecule has 1 saturated carbocycles. The Hall–Kier alpha value is -2.59. The Kier molecular flexibility index (Phi) is 6.89. The van der Waals surface area contributed by atoms with Gasteiger partial charge in [0.25, 0.3) is 0 Å². The molecule has 10 heteroatoms. The first-order chi connectivity index (χ1) is 16.7. The lowest BCUT2D eigenvalue weighted by atomic mass is 9.55. The molecule has 0 spiro atoms. The Morgan fingerprint density at radius 3 is 2.08 bits per heavy atom. The van der Waals surface area contributed by atoms with Crippen LogP contribution < -0.4 is 5.73 Å². The van der Waals surface area contributed by atoms with Crippen LogP contribution >= 0.6 is 0 Å². The zero-order valence-corrected chi connectivity index (χ0v) is 19.8. The van der Waals surface area contributed by atoms with Crippen LogP contribution in [-0.4, -0.2) is 36.0 Å². The average Bonchev–Trinajstić information content (AvgIpc) is 3.19. The molecule has 0 radical (unpaired) electrons. The second-order valence-corrected chi connectivity index (χ2v) is 10.1. The molecule has 2 aromatic carbocycles. The molecule has 2 N–H and O–H groups in total. The topological polar surface area (TPSA) is 55.6 Å². The molecule has 1 aliphatic carbocycles. The van der Waals surface area contributed by atoms with E-state index in [0.717, 1.165) is 12.0 Å². The molecule has 0 bridgehead atoms. The number of nitrogens with zero attached hydrogens (tertiary/aromatic N) is 1. The zero-order chi connectivity index (χ0) is 26.4. The van der Waals surface area contributed by atoms with Crippen LogP contribution in [-0.2, 0) is 27.3 Å². The first-order valence-corrected chi connectivity index (χ1v) is 11.7. The van der Waals surface area contributed by atoms with Crippen LogP contribution in [0.3, 0.4) is 0 Å². The molecule has 1 aliphatic heterocycles. The number of halogens is 6. The summed E-state index contributed by atoms with van der Waals surface area (Å²) in [5.74, 6) is 0.0620. The van der Waals surface area contributed by atoms with Crippen LogP contribution in [0.4, 0.5) is 26.3 Å². The van der Waals surface area contributed by atoms with Crippen LogP contribution in [0.5, 0.6) is 0 Å². The van der Waals surface area contributed by atoms with Gasteiger partial charge in [0.2, 0.25) is 5.91 Å². The van der Waals surface area contributed by atoms with Gasteiger partial charge in [0.05, 0.1) is 23.8 Å². The predicted molar refractivity (Wildman–Crippen MR) is 121 cm³/mol. The number of hydrogen-bond acceptors (Lipinski definition) is 3. The van der Waals surface area contributed by atoms with E-state index >= 15 is 0 Å². The van der Waals surface area contributed by atoms with Crippen molar-refractivity contribution in [1.82, 2.24) is 4.90 Å². The third kappa shape index (κ3) is 5.54. The van der Waals surface area contributed by atoms with E-state index in [1.165, 1.54) is 6.92 Å². The maximum atomic E-state index is 13.3. The van der Waals surface area contributed by atoms with Gasteiger partial charge in [-0.25, -0.2) is 0 Å². The number of ether oxygens (including phenoxy) is 1. The number of hydrogen-bond donors (Lipinski definition) is 1. The highest BCUT2D eigenvalue weighted by Crippen LogP contribution is 2.50. The summed E-state index contributed by atoms with van der Waals surface area (Å²) >= 11 is 0. The summed E-state index contributed by atoms with van der Waals surface area (Å²) in [6, 6.07) is 10.9. The number of benzene rings is 2. The van der Waals surface area contributed by atoms with Gasteiger partial charge < -0.3 is 15.4 Å². The molecule has 1 saturated heterocycles. The number of carbonyl (C=O) groups is 1. The number of likely N-dealkylation sites (tertiary alicyclic amines) is 1. The molecule has 4 nitrogen and oxygen atoms in total. The molecule has 36 heavy (non-hydrogen) atoms. The highest BCUT2D eigenvalue weighted by molar-refractivity contribution is 5.78. The molecule has 2 aliphatic rings. The Morgan fingerprint density at radius 2 is 1.58 bits per heavy atom. The summed E-state index contributed by atoms with van der Waals surface area (Å²) in [4.78, 5) is 13.8. The summed E-state index contributed by atoms with van der Waals surface area (Å²) in [6.45, 7) is 2.55. The van der Waals surface area contributed by atoms with E-state index in [1.807, 2.05) is 30.3 Å². The predicted octanol–water partition coefficient (Wildman–Crippen LogP) is 5.85. The molecule has 1 heterocycles. The van der Waals surface area contributed by atoms with Crippen LogP contribution in [0.2, 0.25) is 0 Å². The van der Waals surface area contributed by atoms with Crippen LogP contribution in [0.25, 0.3) is 0 Å². The second kappa shape index (κ2) is 9.37. The minimum atomic E-state index is -4.93. The molecule has 2 fully saturated rings. The van der Waals surface area contributed by atoms with E-state index in [4.69, 9.17) is 10.5 Å². The van der Waals surface area contributed by atoms with E-state index in [1.54, 1.807) is 4.90 Å². The fraction of sp³-hybridized carbons (Fsp3) is 0.500. The van der Waals surface area contributed by atoms with Crippen molar-refractivity contribution in [1.29, 1.82) is 0 Å². The van der Waals surface area contributed by atoms with Gasteiger partial charge in [-0.15, -0.1) is 0 Å². The van der Waals surface area contributed by atoms with Crippen molar-refractivity contribution in [2.24, 2.45) is 5.73 Å². The zero-order valence-electron chi connectivity index (χ0n) is 19.8. The molecule has 196 valence electrons. The first-order valence-electron chi connectivity index (χ1n) is 11.7. The maximum absolute atomic E-state index is 13.3. The van der Waals surface area contributed by atoms with Crippen molar-refractivity contribution in [2.75, 3.05) is 19.7 Å². The molecular formula is C26H28F6N2O2. The molecule has 0 unspecified atom stereocenters. The number of rotatable bonds is 7. The number of alkyl halides is 6. The van der Waals surface area contributed by atoms with Crippen molar-refractivity contribution < 1.29 is 35.9 Å². The number of amides is 1. The SMILES string of the molecule is C[C@@H](OC[C@]1(c2ccccc2)C[C@](N)(CN2CCCC2=O)C1)c1cc(C(F)(F)F)cc(C(F)(F)F)c1. The molecular weight excluding hydrogens is 486 g/mol. The lowest BCUT2D eigenvalue weighted by molar-refractivity contribution is -0.143. The quantitative estimate of drug-likeness (QED) is 0.472. The lowest BCUT2D eigenvalue weighted by Crippen LogP contribution is -2.66. The molecule has 2 aromatic rings. The van der Waals surface area contributed by atoms with E-state index < -0.39 is 40.5 Å². The van der Waals surface area contributed by atoms with Crippen molar-refractivity contribution >= 4 is 5.91 Å². The Morgan fingerprint density at radius 1 is 1.00 bits per heavy atom. The van der Waals surface area contributed by atoms with E-state index in [9.17, 15) is 31.1 Å². The molecule has 4 rings (SSSR count). The summed E-state index contributed by atoms with van der Waals surface area (Å²) in [7, 11) is 0. The lowest BCUT2D eigenvalue weighted by Gasteiger charge is -2.56. The van der Waals surface area contributed by atoms with Crippen molar-refractivity contribution in [2.45, 2.75) is 62.0 Å². The standard InChI is InChI=1S/C26H28F6N2O2/c1-17(18-10-20(25(27,28)29)12-21(11-18)26(30,31)32)36-16-23(19-6-3-2-4-7-19)13-24(33,14-23)15-34-9-5-8-22(34)35/h2-4,6-7,10-12,17H,5,8-9,13-16,33H2,1H3/t17-,23-,24+/m1/s1. The maximum Gasteiger partial charge on any atom is 0.416 e. The van der Waals surface area contributed by atoms with Crippen molar-refractivity contribution in [3.63, 3.8) is 0 Å². The van der Waals surface area contributed by atoms with Crippen LogP contribution in [0.15, 0.2) is 48.5 Å². The fourth-order valence-corrected chi connectivity index (χ4v) is 5.43. The minimum absolute atomic E-state index is 0.0582. The summed E-state index contributed by atoms with van der Waals surface area (Å²) < 4.78 is 85.7. The van der Waals surface area contributed by atoms with Gasteiger partial charge in [-0.1, -0.05) is 30.3 Å². The van der Waals surface area contributed by atoms with Gasteiger partial charge in [-0.2, -0.15) is 26.3 Å². The highest BCUT2D eigenvalue weighted by atomic mass is 19.4. The number of nitrogens with two attached hydrogens (primary N) is 1. The third-order valence-corrected chi connectivity index (χ3v) is 7.13. The summed E-state index contributed by atoms with van der Waals surface area (Å²) in [5.41, 5.74) is 3.36. The van der Waals surface area contributed by atoms with Crippen LogP contribution in [0, 0.1) is 0 Å². The minimum Gasteiger partial charge on any atom is -0.373 e. The fourth-order valence-electron chi connectivity index (χ4n) is 5.43. The second-order valence-electron chi connectivity index (χ2n) is 10.1. The van der Waals surface area contributed by atoms with Gasteiger partial charge in [0, 0.05) is 30.5 Å². The van der Waals surface area contributed by atoms with Gasteiger partial charge >= 0.3 is 12.4 Å².